The van der Waals surface area contributed by atoms with Crippen molar-refractivity contribution in [2.45, 2.75) is 72.6 Å². The molecule has 107 valence electrons. The minimum Gasteiger partial charge on any atom is -0.0654 e. The van der Waals surface area contributed by atoms with Gasteiger partial charge in [-0.15, -0.1) is 0 Å². The largest absolute Gasteiger partial charge is 0.0654 e. The quantitative estimate of drug-likeness (QED) is 0.488. The van der Waals surface area contributed by atoms with Crippen LogP contribution in [0.25, 0.3) is 0 Å². The summed E-state index contributed by atoms with van der Waals surface area (Å²) in [4.78, 5) is 0. The van der Waals surface area contributed by atoms with Crippen molar-refractivity contribution in [3.63, 3.8) is 0 Å². The Bertz CT molecular complexity index is 326. The lowest BCUT2D eigenvalue weighted by Crippen LogP contribution is -2.08. The van der Waals surface area contributed by atoms with Gasteiger partial charge >= 0.3 is 0 Å². The highest BCUT2D eigenvalue weighted by molar-refractivity contribution is 5.28. The Kier molecular flexibility index (Phi) is 7.20. The number of unbranched alkanes of at least 4 members (excludes halogenated alkanes) is 5. The molecule has 19 heavy (non-hydrogen) atoms. The average Bonchev–Trinajstić information content (AvgIpc) is 2.34. The van der Waals surface area contributed by atoms with Crippen molar-refractivity contribution >= 4 is 0 Å². The van der Waals surface area contributed by atoms with Crippen molar-refractivity contribution in [2.24, 2.45) is 5.41 Å². The Morgan fingerprint density at radius 3 is 2.11 bits per heavy atom. The summed E-state index contributed by atoms with van der Waals surface area (Å²) in [5, 5.41) is 0. The van der Waals surface area contributed by atoms with Crippen molar-refractivity contribution in [1.82, 2.24) is 0 Å². The van der Waals surface area contributed by atoms with Crippen LogP contribution >= 0.6 is 0 Å². The topological polar surface area (TPSA) is 0 Å². The van der Waals surface area contributed by atoms with Gasteiger partial charge in [-0.3, -0.25) is 0 Å². The number of benzene rings is 1. The minimum atomic E-state index is 0.379. The third-order valence-corrected chi connectivity index (χ3v) is 3.40. The maximum Gasteiger partial charge on any atom is -0.00931 e. The third kappa shape index (κ3) is 8.08. The van der Waals surface area contributed by atoms with Gasteiger partial charge in [0.25, 0.3) is 0 Å². The summed E-state index contributed by atoms with van der Waals surface area (Å²) in [5.74, 6) is 0. The van der Waals surface area contributed by atoms with E-state index in [2.05, 4.69) is 58.4 Å². The lowest BCUT2D eigenvalue weighted by molar-refractivity contribution is 0.411. The van der Waals surface area contributed by atoms with Gasteiger partial charge in [-0.05, 0) is 35.8 Å². The van der Waals surface area contributed by atoms with Crippen molar-refractivity contribution in [3.05, 3.63) is 41.8 Å². The number of hydrogen-bond acceptors (Lipinski definition) is 0. The van der Waals surface area contributed by atoms with E-state index < -0.39 is 0 Å². The van der Waals surface area contributed by atoms with Gasteiger partial charge in [0.1, 0.15) is 0 Å². The predicted molar refractivity (Wildman–Crippen MR) is 86.4 cm³/mol. The second-order valence-corrected chi connectivity index (χ2v) is 6.89. The standard InChI is InChI=1S/C19H31/c1-5-6-7-8-9-10-11-17-12-14-18(15-13-17)16-19(2,3)4/h11-15H,5-10,16H2,1-4H3. The fraction of sp³-hybridized carbons (Fsp3) is 0.632. The molecule has 0 aliphatic rings. The lowest BCUT2D eigenvalue weighted by Gasteiger charge is -2.18. The van der Waals surface area contributed by atoms with E-state index in [9.17, 15) is 0 Å². The highest BCUT2D eigenvalue weighted by Crippen LogP contribution is 2.21. The third-order valence-electron chi connectivity index (χ3n) is 3.40. The molecule has 0 amide bonds. The summed E-state index contributed by atoms with van der Waals surface area (Å²) in [6, 6.07) is 9.11. The molecule has 0 aliphatic carbocycles. The van der Waals surface area contributed by atoms with Crippen LogP contribution in [-0.4, -0.2) is 0 Å². The molecule has 0 nitrogen and oxygen atoms in total. The smallest absolute Gasteiger partial charge is 0.00931 e. The predicted octanol–water partition coefficient (Wildman–Crippen LogP) is 6.19. The van der Waals surface area contributed by atoms with Gasteiger partial charge in [-0.25, -0.2) is 0 Å². The SMILES string of the molecule is CCCCCCC[CH]c1ccc(CC(C)(C)C)cc1. The number of hydrogen-bond donors (Lipinski definition) is 0. The monoisotopic (exact) mass is 259 g/mol. The summed E-state index contributed by atoms with van der Waals surface area (Å²) >= 11 is 0. The van der Waals surface area contributed by atoms with Crippen LogP contribution in [0.3, 0.4) is 0 Å². The van der Waals surface area contributed by atoms with E-state index in [0.29, 0.717) is 5.41 Å². The van der Waals surface area contributed by atoms with Crippen molar-refractivity contribution in [3.8, 4) is 0 Å². The summed E-state index contributed by atoms with van der Waals surface area (Å²) in [7, 11) is 0. The minimum absolute atomic E-state index is 0.379. The van der Waals surface area contributed by atoms with Gasteiger partial charge in [-0.1, -0.05) is 84.1 Å². The van der Waals surface area contributed by atoms with Crippen LogP contribution in [0.2, 0.25) is 0 Å². The molecular weight excluding hydrogens is 228 g/mol. The maximum atomic E-state index is 2.38. The van der Waals surface area contributed by atoms with E-state index in [1.807, 2.05) is 0 Å². The molecule has 0 heteroatoms. The van der Waals surface area contributed by atoms with Crippen molar-refractivity contribution in [1.29, 1.82) is 0 Å². The summed E-state index contributed by atoms with van der Waals surface area (Å²) in [5.41, 5.74) is 3.21. The molecule has 0 aromatic heterocycles. The van der Waals surface area contributed by atoms with Gasteiger partial charge < -0.3 is 0 Å². The van der Waals surface area contributed by atoms with E-state index in [1.165, 1.54) is 49.7 Å². The van der Waals surface area contributed by atoms with Gasteiger partial charge in [0, 0.05) is 0 Å². The van der Waals surface area contributed by atoms with E-state index in [1.54, 1.807) is 0 Å². The van der Waals surface area contributed by atoms with Crippen molar-refractivity contribution in [2.75, 3.05) is 0 Å². The zero-order chi connectivity index (χ0) is 14.1. The fourth-order valence-electron chi connectivity index (χ4n) is 2.40. The summed E-state index contributed by atoms with van der Waals surface area (Å²) in [6.45, 7) is 9.15. The van der Waals surface area contributed by atoms with Gasteiger partial charge in [0.15, 0.2) is 0 Å². The second kappa shape index (κ2) is 8.40. The molecule has 0 bridgehead atoms. The van der Waals surface area contributed by atoms with Crippen LogP contribution in [0.15, 0.2) is 24.3 Å². The van der Waals surface area contributed by atoms with Gasteiger partial charge in [-0.2, -0.15) is 0 Å². The Balaban J connectivity index is 2.25. The summed E-state index contributed by atoms with van der Waals surface area (Å²) < 4.78 is 0. The Labute approximate surface area is 120 Å². The molecule has 0 unspecified atom stereocenters. The lowest BCUT2D eigenvalue weighted by atomic mass is 9.88. The molecule has 1 aromatic carbocycles. The molecule has 0 spiro atoms. The Morgan fingerprint density at radius 2 is 1.53 bits per heavy atom. The molecular formula is C19H31. The molecule has 0 atom stereocenters. The molecule has 1 aromatic rings. The zero-order valence-electron chi connectivity index (χ0n) is 13.3. The Morgan fingerprint density at radius 1 is 0.895 bits per heavy atom. The Hall–Kier alpha value is -0.780. The van der Waals surface area contributed by atoms with Gasteiger partial charge in [0.05, 0.1) is 0 Å². The van der Waals surface area contributed by atoms with E-state index in [-0.39, 0.29) is 0 Å². The molecule has 0 aliphatic heterocycles. The van der Waals surface area contributed by atoms with Crippen LogP contribution in [-0.2, 0) is 6.42 Å². The van der Waals surface area contributed by atoms with Crippen molar-refractivity contribution < 1.29 is 0 Å². The first kappa shape index (κ1) is 16.3. The molecule has 0 N–H and O–H groups in total. The fourth-order valence-corrected chi connectivity index (χ4v) is 2.40. The normalized spacial score (nSPS) is 11.8. The zero-order valence-corrected chi connectivity index (χ0v) is 13.3. The number of rotatable bonds is 8. The molecule has 0 fully saturated rings. The average molecular weight is 259 g/mol. The maximum absolute atomic E-state index is 2.38. The molecule has 0 heterocycles. The van der Waals surface area contributed by atoms with Crippen LogP contribution in [0, 0.1) is 11.8 Å². The van der Waals surface area contributed by atoms with Gasteiger partial charge in [0.2, 0.25) is 0 Å². The van der Waals surface area contributed by atoms with Crippen LogP contribution in [0.5, 0.6) is 0 Å². The molecule has 1 rings (SSSR count). The van der Waals surface area contributed by atoms with E-state index in [0.717, 1.165) is 6.42 Å². The highest BCUT2D eigenvalue weighted by Gasteiger charge is 2.10. The molecule has 1 radical (unpaired) electrons. The highest BCUT2D eigenvalue weighted by atomic mass is 14.2. The first-order valence-electron chi connectivity index (χ1n) is 7.93. The molecule has 0 saturated carbocycles. The first-order valence-corrected chi connectivity index (χ1v) is 7.93. The van der Waals surface area contributed by atoms with Crippen LogP contribution in [0.4, 0.5) is 0 Å². The van der Waals surface area contributed by atoms with E-state index >= 15 is 0 Å². The first-order chi connectivity index (χ1) is 9.01. The van der Waals surface area contributed by atoms with Crippen LogP contribution < -0.4 is 0 Å². The second-order valence-electron chi connectivity index (χ2n) is 6.89. The van der Waals surface area contributed by atoms with Crippen LogP contribution in [0.1, 0.15) is 77.3 Å². The molecule has 0 saturated heterocycles. The summed E-state index contributed by atoms with van der Waals surface area (Å²) in [6.07, 6.45) is 11.6. The van der Waals surface area contributed by atoms with E-state index in [4.69, 9.17) is 0 Å².